The molecule has 1 unspecified atom stereocenters. The van der Waals surface area contributed by atoms with Crippen LogP contribution in [0.15, 0.2) is 60.7 Å². The third-order valence-corrected chi connectivity index (χ3v) is 4.98. The molecular weight excluding hydrogens is 396 g/mol. The second-order valence-corrected chi connectivity index (χ2v) is 7.23. The van der Waals surface area contributed by atoms with Gasteiger partial charge >= 0.3 is 0 Å². The first-order valence-corrected chi connectivity index (χ1v) is 10.2. The summed E-state index contributed by atoms with van der Waals surface area (Å²) >= 11 is 0. The number of para-hydroxylation sites is 2. The highest BCUT2D eigenvalue weighted by Gasteiger charge is 2.09. The first-order valence-electron chi connectivity index (χ1n) is 10.2. The number of hydrogen-bond donors (Lipinski definition) is 4. The fourth-order valence-electron chi connectivity index (χ4n) is 3.46. The van der Waals surface area contributed by atoms with Gasteiger partial charge in [0.05, 0.1) is 18.1 Å². The number of ether oxygens (including phenoxy) is 3. The van der Waals surface area contributed by atoms with E-state index in [4.69, 9.17) is 14.2 Å². The van der Waals surface area contributed by atoms with Crippen LogP contribution in [-0.2, 0) is 0 Å². The van der Waals surface area contributed by atoms with E-state index >= 15 is 0 Å². The van der Waals surface area contributed by atoms with Crippen molar-refractivity contribution < 1.29 is 24.4 Å². The van der Waals surface area contributed by atoms with Crippen LogP contribution in [0.1, 0.15) is 0 Å². The number of benzene rings is 3. The third kappa shape index (κ3) is 5.02. The highest BCUT2D eigenvalue weighted by molar-refractivity contribution is 6.07. The molecule has 1 heterocycles. The van der Waals surface area contributed by atoms with E-state index in [1.54, 1.807) is 19.2 Å². The molecule has 0 radical (unpaired) electrons. The minimum absolute atomic E-state index is 0.174. The van der Waals surface area contributed by atoms with Crippen molar-refractivity contribution in [2.24, 2.45) is 0 Å². The molecule has 4 N–H and O–H groups in total. The molecule has 0 saturated heterocycles. The van der Waals surface area contributed by atoms with E-state index < -0.39 is 6.10 Å². The second-order valence-electron chi connectivity index (χ2n) is 7.23. The summed E-state index contributed by atoms with van der Waals surface area (Å²) in [5.74, 6) is 2.28. The molecule has 0 saturated carbocycles. The van der Waals surface area contributed by atoms with Crippen molar-refractivity contribution in [2.45, 2.75) is 6.10 Å². The quantitative estimate of drug-likeness (QED) is 0.293. The van der Waals surface area contributed by atoms with Crippen molar-refractivity contribution in [1.29, 1.82) is 0 Å². The molecule has 0 aliphatic carbocycles. The molecular formula is C24H26N2O5. The first kappa shape index (κ1) is 20.8. The molecule has 7 heteroatoms. The number of aliphatic hydroxyl groups excluding tert-OH is 1. The SMILES string of the molecule is COc1ccccc1OCCNCC(O)COc1ccc2c(c1)[nH]c1cc(O)ccc12. The van der Waals surface area contributed by atoms with Crippen molar-refractivity contribution >= 4 is 21.8 Å². The van der Waals surface area contributed by atoms with E-state index in [0.717, 1.165) is 21.8 Å². The molecule has 1 atom stereocenters. The molecule has 162 valence electrons. The van der Waals surface area contributed by atoms with E-state index in [9.17, 15) is 10.2 Å². The van der Waals surface area contributed by atoms with Crippen molar-refractivity contribution in [3.05, 3.63) is 60.7 Å². The Balaban J connectivity index is 1.22. The standard InChI is InChI=1S/C24H26N2O5/c1-29-23-4-2-3-5-24(23)30-11-10-25-14-17(28)15-31-18-7-9-20-19-8-6-16(27)12-21(19)26-22(20)13-18/h2-9,12-13,17,25-28H,10-11,14-15H2,1H3. The van der Waals surface area contributed by atoms with Crippen molar-refractivity contribution in [2.75, 3.05) is 33.4 Å². The Morgan fingerprint density at radius 1 is 0.935 bits per heavy atom. The van der Waals surface area contributed by atoms with Gasteiger partial charge in [-0.2, -0.15) is 0 Å². The molecule has 0 aliphatic rings. The number of aromatic hydroxyl groups is 1. The van der Waals surface area contributed by atoms with Crippen LogP contribution >= 0.6 is 0 Å². The number of nitrogens with one attached hydrogen (secondary N) is 2. The van der Waals surface area contributed by atoms with Crippen LogP contribution < -0.4 is 19.5 Å². The Kier molecular flexibility index (Phi) is 6.45. The number of H-pyrrole nitrogens is 1. The van der Waals surface area contributed by atoms with Crippen LogP contribution in [0.5, 0.6) is 23.0 Å². The van der Waals surface area contributed by atoms with Crippen LogP contribution in [0, 0.1) is 0 Å². The molecule has 31 heavy (non-hydrogen) atoms. The fraction of sp³-hybridized carbons (Fsp3) is 0.250. The largest absolute Gasteiger partial charge is 0.508 e. The fourth-order valence-corrected chi connectivity index (χ4v) is 3.46. The molecule has 0 bridgehead atoms. The number of hydrogen-bond acceptors (Lipinski definition) is 6. The predicted octanol–water partition coefficient (Wildman–Crippen LogP) is 3.44. The number of methoxy groups -OCH3 is 1. The molecule has 4 aromatic rings. The van der Waals surface area contributed by atoms with Crippen molar-refractivity contribution in [3.63, 3.8) is 0 Å². The molecule has 0 spiro atoms. The lowest BCUT2D eigenvalue weighted by molar-refractivity contribution is 0.105. The van der Waals surface area contributed by atoms with Gasteiger partial charge in [0.15, 0.2) is 11.5 Å². The molecule has 0 amide bonds. The van der Waals surface area contributed by atoms with Gasteiger partial charge in [0.2, 0.25) is 0 Å². The Morgan fingerprint density at radius 2 is 1.68 bits per heavy atom. The topological polar surface area (TPSA) is 96.0 Å². The maximum Gasteiger partial charge on any atom is 0.161 e. The van der Waals surface area contributed by atoms with Crippen LogP contribution in [0.25, 0.3) is 21.8 Å². The van der Waals surface area contributed by atoms with Crippen LogP contribution in [0.3, 0.4) is 0 Å². The molecule has 4 rings (SSSR count). The molecule has 7 nitrogen and oxygen atoms in total. The number of aromatic amines is 1. The highest BCUT2D eigenvalue weighted by Crippen LogP contribution is 2.30. The van der Waals surface area contributed by atoms with Crippen LogP contribution in [0.2, 0.25) is 0 Å². The normalized spacial score (nSPS) is 12.2. The minimum atomic E-state index is -0.651. The zero-order valence-electron chi connectivity index (χ0n) is 17.3. The predicted molar refractivity (Wildman–Crippen MR) is 120 cm³/mol. The zero-order valence-corrected chi connectivity index (χ0v) is 17.3. The lowest BCUT2D eigenvalue weighted by Gasteiger charge is -2.14. The summed E-state index contributed by atoms with van der Waals surface area (Å²) < 4.78 is 16.7. The number of aliphatic hydroxyl groups is 1. The van der Waals surface area contributed by atoms with E-state index in [0.29, 0.717) is 36.9 Å². The smallest absolute Gasteiger partial charge is 0.161 e. The summed E-state index contributed by atoms with van der Waals surface area (Å²) in [5, 5.41) is 25.1. The maximum atomic E-state index is 10.2. The summed E-state index contributed by atoms with van der Waals surface area (Å²) in [4.78, 5) is 3.28. The first-order chi connectivity index (χ1) is 15.1. The summed E-state index contributed by atoms with van der Waals surface area (Å²) in [6.07, 6.45) is -0.651. The Bertz CT molecular complexity index is 1160. The van der Waals surface area contributed by atoms with Crippen molar-refractivity contribution in [1.82, 2.24) is 10.3 Å². The Morgan fingerprint density at radius 3 is 2.48 bits per heavy atom. The number of phenols is 1. The van der Waals surface area contributed by atoms with Crippen LogP contribution in [0.4, 0.5) is 0 Å². The average Bonchev–Trinajstić information content (AvgIpc) is 3.14. The lowest BCUT2D eigenvalue weighted by atomic mass is 10.1. The number of fused-ring (bicyclic) bond motifs is 3. The van der Waals surface area contributed by atoms with Gasteiger partial charge in [0.1, 0.15) is 30.8 Å². The van der Waals surface area contributed by atoms with E-state index in [1.807, 2.05) is 48.5 Å². The van der Waals surface area contributed by atoms with Gasteiger partial charge in [-0.15, -0.1) is 0 Å². The number of rotatable bonds is 10. The van der Waals surface area contributed by atoms with Gasteiger partial charge in [-0.3, -0.25) is 0 Å². The number of aromatic nitrogens is 1. The van der Waals surface area contributed by atoms with Gasteiger partial charge in [-0.1, -0.05) is 12.1 Å². The lowest BCUT2D eigenvalue weighted by Crippen LogP contribution is -2.33. The average molecular weight is 422 g/mol. The monoisotopic (exact) mass is 422 g/mol. The van der Waals surface area contributed by atoms with E-state index in [-0.39, 0.29) is 12.4 Å². The van der Waals surface area contributed by atoms with E-state index in [1.165, 1.54) is 0 Å². The van der Waals surface area contributed by atoms with Gasteiger partial charge in [0, 0.05) is 36.0 Å². The minimum Gasteiger partial charge on any atom is -0.508 e. The van der Waals surface area contributed by atoms with Crippen molar-refractivity contribution in [3.8, 4) is 23.0 Å². The molecule has 0 fully saturated rings. The Hall–Kier alpha value is -3.42. The zero-order chi connectivity index (χ0) is 21.6. The van der Waals surface area contributed by atoms with E-state index in [2.05, 4.69) is 10.3 Å². The third-order valence-electron chi connectivity index (χ3n) is 4.98. The summed E-state index contributed by atoms with van der Waals surface area (Å²) in [6.45, 7) is 1.61. The van der Waals surface area contributed by atoms with Gasteiger partial charge in [0.25, 0.3) is 0 Å². The highest BCUT2D eigenvalue weighted by atomic mass is 16.5. The molecule has 0 aliphatic heterocycles. The summed E-state index contributed by atoms with van der Waals surface area (Å²) in [7, 11) is 1.61. The number of phenolic OH excluding ortho intramolecular Hbond substituents is 1. The van der Waals surface area contributed by atoms with Gasteiger partial charge < -0.3 is 34.7 Å². The van der Waals surface area contributed by atoms with Gasteiger partial charge in [-0.25, -0.2) is 0 Å². The Labute approximate surface area is 180 Å². The second kappa shape index (κ2) is 9.59. The van der Waals surface area contributed by atoms with Gasteiger partial charge in [-0.05, 0) is 36.4 Å². The van der Waals surface area contributed by atoms with Crippen LogP contribution in [-0.4, -0.2) is 54.7 Å². The maximum absolute atomic E-state index is 10.2. The summed E-state index contributed by atoms with van der Waals surface area (Å²) in [6, 6.07) is 18.5. The summed E-state index contributed by atoms with van der Waals surface area (Å²) in [5.41, 5.74) is 1.78. The molecule has 3 aromatic carbocycles. The molecule has 1 aromatic heterocycles.